The molecule has 0 saturated heterocycles. The van der Waals surface area contributed by atoms with E-state index >= 15 is 0 Å². The number of carbonyl (C=O) groups excluding carboxylic acids is 1. The van der Waals surface area contributed by atoms with Crippen LogP contribution in [0.25, 0.3) is 10.2 Å². The maximum absolute atomic E-state index is 12.4. The van der Waals surface area contributed by atoms with Crippen LogP contribution in [0.2, 0.25) is 0 Å². The summed E-state index contributed by atoms with van der Waals surface area (Å²) in [7, 11) is -3.63. The van der Waals surface area contributed by atoms with E-state index < -0.39 is 10.0 Å². The fourth-order valence-electron chi connectivity index (χ4n) is 2.59. The summed E-state index contributed by atoms with van der Waals surface area (Å²) >= 11 is 1.61. The molecule has 2 N–H and O–H groups in total. The number of fused-ring (bicyclic) bond motifs is 1. The van der Waals surface area contributed by atoms with Gasteiger partial charge in [-0.3, -0.25) is 4.79 Å². The van der Waals surface area contributed by atoms with E-state index in [0.717, 1.165) is 15.2 Å². The van der Waals surface area contributed by atoms with Gasteiger partial charge in [-0.2, -0.15) is 0 Å². The van der Waals surface area contributed by atoms with Gasteiger partial charge < -0.3 is 5.32 Å². The molecule has 0 aliphatic rings. The Morgan fingerprint density at radius 3 is 2.67 bits per heavy atom. The summed E-state index contributed by atoms with van der Waals surface area (Å²) in [6, 6.07) is 13.7. The Bertz CT molecular complexity index is 1030. The van der Waals surface area contributed by atoms with Gasteiger partial charge in [0.05, 0.1) is 20.1 Å². The highest BCUT2D eigenvalue weighted by molar-refractivity contribution is 7.89. The minimum atomic E-state index is -3.63. The minimum absolute atomic E-state index is 0.0787. The smallest absolute Gasteiger partial charge is 0.251 e. The van der Waals surface area contributed by atoms with Gasteiger partial charge in [0, 0.05) is 24.6 Å². The first kappa shape index (κ1) is 19.5. The van der Waals surface area contributed by atoms with Crippen LogP contribution >= 0.6 is 11.3 Å². The third kappa shape index (κ3) is 4.91. The Balaban J connectivity index is 1.63. The molecular formula is C19H21N3O3S2. The molecule has 0 aliphatic heterocycles. The van der Waals surface area contributed by atoms with Gasteiger partial charge in [0.2, 0.25) is 10.0 Å². The van der Waals surface area contributed by atoms with Crippen molar-refractivity contribution in [3.63, 3.8) is 0 Å². The summed E-state index contributed by atoms with van der Waals surface area (Å²) in [5.41, 5.74) is 1.27. The normalized spacial score (nSPS) is 11.8. The molecule has 0 saturated carbocycles. The number of aromatic nitrogens is 1. The lowest BCUT2D eigenvalue weighted by Gasteiger charge is -2.10. The number of amides is 1. The molecule has 0 atom stereocenters. The highest BCUT2D eigenvalue weighted by Crippen LogP contribution is 2.21. The molecule has 142 valence electrons. The lowest BCUT2D eigenvalue weighted by atomic mass is 10.2. The van der Waals surface area contributed by atoms with Gasteiger partial charge in [-0.1, -0.05) is 18.2 Å². The Labute approximate surface area is 162 Å². The Morgan fingerprint density at radius 2 is 1.93 bits per heavy atom. The molecule has 3 rings (SSSR count). The number of para-hydroxylation sites is 1. The van der Waals surface area contributed by atoms with Crippen molar-refractivity contribution in [2.45, 2.75) is 31.2 Å². The summed E-state index contributed by atoms with van der Waals surface area (Å²) in [4.78, 5) is 17.0. The van der Waals surface area contributed by atoms with Gasteiger partial charge in [0.1, 0.15) is 0 Å². The zero-order chi connectivity index (χ0) is 19.4. The third-order valence-corrected chi connectivity index (χ3v) is 6.51. The molecule has 8 heteroatoms. The Hall–Kier alpha value is -2.29. The fraction of sp³-hybridized carbons (Fsp3) is 0.263. The first-order chi connectivity index (χ1) is 12.8. The summed E-state index contributed by atoms with van der Waals surface area (Å²) < 4.78 is 28.1. The van der Waals surface area contributed by atoms with E-state index in [1.165, 1.54) is 12.1 Å². The van der Waals surface area contributed by atoms with Crippen LogP contribution in [-0.2, 0) is 16.4 Å². The van der Waals surface area contributed by atoms with E-state index in [4.69, 9.17) is 0 Å². The molecule has 0 spiro atoms. The maximum Gasteiger partial charge on any atom is 0.251 e. The van der Waals surface area contributed by atoms with Gasteiger partial charge in [-0.15, -0.1) is 11.3 Å². The molecule has 0 unspecified atom stereocenters. The monoisotopic (exact) mass is 403 g/mol. The van der Waals surface area contributed by atoms with E-state index in [2.05, 4.69) is 15.0 Å². The molecule has 6 nitrogen and oxygen atoms in total. The number of nitrogens with zero attached hydrogens (tertiary/aromatic N) is 1. The van der Waals surface area contributed by atoms with E-state index in [1.54, 1.807) is 37.3 Å². The fourth-order valence-corrected chi connectivity index (χ4v) is 4.86. The number of thiazole rings is 1. The zero-order valence-corrected chi connectivity index (χ0v) is 16.7. The zero-order valence-electron chi connectivity index (χ0n) is 15.1. The molecule has 2 aromatic carbocycles. The number of rotatable bonds is 7. The lowest BCUT2D eigenvalue weighted by molar-refractivity contribution is 0.0954. The molecule has 1 heterocycles. The van der Waals surface area contributed by atoms with E-state index in [1.807, 2.05) is 24.3 Å². The van der Waals surface area contributed by atoms with Crippen molar-refractivity contribution in [1.82, 2.24) is 15.0 Å². The van der Waals surface area contributed by atoms with E-state index in [9.17, 15) is 13.2 Å². The second-order valence-corrected chi connectivity index (χ2v) is 9.21. The van der Waals surface area contributed by atoms with Crippen LogP contribution in [0.5, 0.6) is 0 Å². The SMILES string of the molecule is CC(C)NS(=O)(=O)c1cccc(C(=O)NCCc2nc3ccccc3s2)c1. The van der Waals surface area contributed by atoms with Crippen molar-refractivity contribution in [2.24, 2.45) is 0 Å². The van der Waals surface area contributed by atoms with E-state index in [-0.39, 0.29) is 16.8 Å². The van der Waals surface area contributed by atoms with Gasteiger partial charge in [0.25, 0.3) is 5.91 Å². The molecule has 3 aromatic rings. The van der Waals surface area contributed by atoms with Crippen LogP contribution in [0, 0.1) is 0 Å². The van der Waals surface area contributed by atoms with Crippen LogP contribution in [0.3, 0.4) is 0 Å². The molecule has 0 aliphatic carbocycles. The summed E-state index contributed by atoms with van der Waals surface area (Å²) in [5, 5.41) is 3.78. The maximum atomic E-state index is 12.4. The first-order valence-corrected chi connectivity index (χ1v) is 10.9. The van der Waals surface area contributed by atoms with Crippen LogP contribution in [-0.4, -0.2) is 31.9 Å². The molecule has 1 aromatic heterocycles. The van der Waals surface area contributed by atoms with Crippen molar-refractivity contribution in [1.29, 1.82) is 0 Å². The molecule has 1 amide bonds. The number of sulfonamides is 1. The summed E-state index contributed by atoms with van der Waals surface area (Å²) in [5.74, 6) is -0.308. The van der Waals surface area contributed by atoms with Gasteiger partial charge in [-0.05, 0) is 44.2 Å². The summed E-state index contributed by atoms with van der Waals surface area (Å²) in [6.07, 6.45) is 0.623. The predicted octanol–water partition coefficient (Wildman–Crippen LogP) is 2.96. The van der Waals surface area contributed by atoms with Gasteiger partial charge in [-0.25, -0.2) is 18.1 Å². The highest BCUT2D eigenvalue weighted by Gasteiger charge is 2.17. The number of hydrogen-bond acceptors (Lipinski definition) is 5. The molecule has 0 bridgehead atoms. The van der Waals surface area contributed by atoms with Crippen molar-refractivity contribution in [3.05, 3.63) is 59.1 Å². The second-order valence-electron chi connectivity index (χ2n) is 6.39. The molecule has 27 heavy (non-hydrogen) atoms. The highest BCUT2D eigenvalue weighted by atomic mass is 32.2. The van der Waals surface area contributed by atoms with Crippen molar-refractivity contribution in [3.8, 4) is 0 Å². The van der Waals surface area contributed by atoms with Crippen LogP contribution < -0.4 is 10.0 Å². The Kier molecular flexibility index (Phi) is 5.88. The van der Waals surface area contributed by atoms with Crippen molar-refractivity contribution in [2.75, 3.05) is 6.54 Å². The number of hydrogen-bond donors (Lipinski definition) is 2. The topological polar surface area (TPSA) is 88.2 Å². The van der Waals surface area contributed by atoms with Gasteiger partial charge >= 0.3 is 0 Å². The number of nitrogens with one attached hydrogen (secondary N) is 2. The van der Waals surface area contributed by atoms with Crippen LogP contribution in [0.1, 0.15) is 29.2 Å². The predicted molar refractivity (Wildman–Crippen MR) is 108 cm³/mol. The molecular weight excluding hydrogens is 382 g/mol. The summed E-state index contributed by atoms with van der Waals surface area (Å²) in [6.45, 7) is 3.92. The third-order valence-electron chi connectivity index (χ3n) is 3.76. The number of carbonyl (C=O) groups is 1. The van der Waals surface area contributed by atoms with Crippen LogP contribution in [0.4, 0.5) is 0 Å². The van der Waals surface area contributed by atoms with Crippen LogP contribution in [0.15, 0.2) is 53.4 Å². The lowest BCUT2D eigenvalue weighted by Crippen LogP contribution is -2.30. The average Bonchev–Trinajstić information content (AvgIpc) is 3.03. The average molecular weight is 404 g/mol. The van der Waals surface area contributed by atoms with Gasteiger partial charge in [0.15, 0.2) is 0 Å². The van der Waals surface area contributed by atoms with Crippen molar-refractivity contribution >= 4 is 37.5 Å². The van der Waals surface area contributed by atoms with Crippen molar-refractivity contribution < 1.29 is 13.2 Å². The Morgan fingerprint density at radius 1 is 1.15 bits per heavy atom. The standard InChI is InChI=1S/C19H21N3O3S2/c1-13(2)22-27(24,25)15-7-5-6-14(12-15)19(23)20-11-10-18-21-16-8-3-4-9-17(16)26-18/h3-9,12-13,22H,10-11H2,1-2H3,(H,20,23). The first-order valence-electron chi connectivity index (χ1n) is 8.60. The molecule has 0 fully saturated rings. The quantitative estimate of drug-likeness (QED) is 0.635. The van der Waals surface area contributed by atoms with E-state index in [0.29, 0.717) is 18.5 Å². The number of benzene rings is 2. The second kappa shape index (κ2) is 8.16. The largest absolute Gasteiger partial charge is 0.352 e. The minimum Gasteiger partial charge on any atom is -0.352 e. The molecule has 0 radical (unpaired) electrons.